The number of aromatic nitrogens is 2. The molecular weight excluding hydrogens is 316 g/mol. The van der Waals surface area contributed by atoms with Crippen molar-refractivity contribution in [2.75, 3.05) is 5.32 Å². The molecule has 7 nitrogen and oxygen atoms in total. The summed E-state index contributed by atoms with van der Waals surface area (Å²) in [6, 6.07) is 4.43. The number of carbonyl (C=O) groups excluding carboxylic acids is 1. The number of anilines is 1. The van der Waals surface area contributed by atoms with Crippen LogP contribution in [0.2, 0.25) is 0 Å². The molecule has 0 saturated heterocycles. The van der Waals surface area contributed by atoms with E-state index in [-0.39, 0.29) is 11.4 Å². The standard InChI is InChI=1S/C11H7BrN4O3/c12-9-6-14-10(16(18)19)4-8(9)11(17)15-7-2-1-3-13-5-7/h1-6H,(H,15,17). The van der Waals surface area contributed by atoms with Gasteiger partial charge in [-0.3, -0.25) is 9.78 Å². The fourth-order valence-corrected chi connectivity index (χ4v) is 1.73. The molecule has 0 unspecified atom stereocenters. The van der Waals surface area contributed by atoms with E-state index in [0.717, 1.165) is 6.07 Å². The normalized spacial score (nSPS) is 9.95. The van der Waals surface area contributed by atoms with Crippen LogP contribution >= 0.6 is 15.9 Å². The quantitative estimate of drug-likeness (QED) is 0.691. The number of nitrogens with zero attached hydrogens (tertiary/aromatic N) is 3. The van der Waals surface area contributed by atoms with Crippen LogP contribution in [0.4, 0.5) is 11.5 Å². The van der Waals surface area contributed by atoms with Gasteiger partial charge in [-0.1, -0.05) is 0 Å². The maximum absolute atomic E-state index is 12.0. The van der Waals surface area contributed by atoms with Crippen LogP contribution in [-0.2, 0) is 0 Å². The molecule has 2 rings (SSSR count). The molecule has 19 heavy (non-hydrogen) atoms. The van der Waals surface area contributed by atoms with Crippen LogP contribution in [0, 0.1) is 10.1 Å². The largest absolute Gasteiger partial charge is 0.364 e. The zero-order chi connectivity index (χ0) is 13.8. The third-order valence-electron chi connectivity index (χ3n) is 2.19. The number of nitro groups is 1. The molecular formula is C11H7BrN4O3. The lowest BCUT2D eigenvalue weighted by molar-refractivity contribution is -0.389. The van der Waals surface area contributed by atoms with Gasteiger partial charge in [0.25, 0.3) is 5.91 Å². The molecule has 0 aromatic carbocycles. The summed E-state index contributed by atoms with van der Waals surface area (Å²) >= 11 is 3.13. The van der Waals surface area contributed by atoms with E-state index in [2.05, 4.69) is 31.2 Å². The number of hydrogen-bond acceptors (Lipinski definition) is 5. The van der Waals surface area contributed by atoms with Crippen molar-refractivity contribution < 1.29 is 9.72 Å². The molecule has 2 aromatic heterocycles. The Morgan fingerprint density at radius 3 is 2.84 bits per heavy atom. The fraction of sp³-hybridized carbons (Fsp3) is 0. The van der Waals surface area contributed by atoms with Crippen molar-refractivity contribution >= 4 is 33.3 Å². The summed E-state index contributed by atoms with van der Waals surface area (Å²) in [5.74, 6) is -0.870. The Bertz CT molecular complexity index is 633. The van der Waals surface area contributed by atoms with Gasteiger partial charge in [-0.15, -0.1) is 0 Å². The Morgan fingerprint density at radius 1 is 1.42 bits per heavy atom. The van der Waals surface area contributed by atoms with Crippen LogP contribution in [0.25, 0.3) is 0 Å². The van der Waals surface area contributed by atoms with Gasteiger partial charge in [0.2, 0.25) is 0 Å². The van der Waals surface area contributed by atoms with Crippen LogP contribution in [0.1, 0.15) is 10.4 Å². The van der Waals surface area contributed by atoms with Crippen molar-refractivity contribution in [1.29, 1.82) is 0 Å². The number of pyridine rings is 2. The summed E-state index contributed by atoms with van der Waals surface area (Å²) in [5, 5.41) is 13.2. The molecule has 2 aromatic rings. The van der Waals surface area contributed by atoms with Gasteiger partial charge in [0.15, 0.2) is 6.20 Å². The molecule has 0 fully saturated rings. The summed E-state index contributed by atoms with van der Waals surface area (Å²) in [7, 11) is 0. The highest BCUT2D eigenvalue weighted by Gasteiger charge is 2.17. The Morgan fingerprint density at radius 2 is 2.21 bits per heavy atom. The van der Waals surface area contributed by atoms with Crippen LogP contribution in [0.3, 0.4) is 0 Å². The van der Waals surface area contributed by atoms with Gasteiger partial charge in [0, 0.05) is 12.3 Å². The minimum Gasteiger partial charge on any atom is -0.358 e. The first-order chi connectivity index (χ1) is 9.08. The van der Waals surface area contributed by atoms with Crippen molar-refractivity contribution in [2.24, 2.45) is 0 Å². The Labute approximate surface area is 116 Å². The molecule has 1 amide bonds. The highest BCUT2D eigenvalue weighted by Crippen LogP contribution is 2.21. The fourth-order valence-electron chi connectivity index (χ4n) is 1.34. The predicted octanol–water partition coefficient (Wildman–Crippen LogP) is 2.40. The van der Waals surface area contributed by atoms with E-state index in [4.69, 9.17) is 0 Å². The first kappa shape index (κ1) is 13.1. The maximum Gasteiger partial charge on any atom is 0.364 e. The first-order valence-electron chi connectivity index (χ1n) is 5.09. The van der Waals surface area contributed by atoms with Crippen molar-refractivity contribution in [1.82, 2.24) is 9.97 Å². The molecule has 0 atom stereocenters. The van der Waals surface area contributed by atoms with Crippen molar-refractivity contribution in [2.45, 2.75) is 0 Å². The van der Waals surface area contributed by atoms with Crippen LogP contribution in [-0.4, -0.2) is 20.8 Å². The SMILES string of the molecule is O=C(Nc1cccnc1)c1cc([N+](=O)[O-])ncc1Br. The van der Waals surface area contributed by atoms with Gasteiger partial charge in [-0.2, -0.15) is 0 Å². The van der Waals surface area contributed by atoms with E-state index >= 15 is 0 Å². The first-order valence-corrected chi connectivity index (χ1v) is 5.88. The lowest BCUT2D eigenvalue weighted by Gasteiger charge is -2.05. The third-order valence-corrected chi connectivity index (χ3v) is 2.82. The topological polar surface area (TPSA) is 98.0 Å². The second-order valence-electron chi connectivity index (χ2n) is 3.48. The lowest BCUT2D eigenvalue weighted by Crippen LogP contribution is -2.13. The van der Waals surface area contributed by atoms with Crippen molar-refractivity contribution in [3.8, 4) is 0 Å². The van der Waals surface area contributed by atoms with E-state index in [9.17, 15) is 14.9 Å². The minimum atomic E-state index is -0.659. The molecule has 0 radical (unpaired) electrons. The van der Waals surface area contributed by atoms with Gasteiger partial charge < -0.3 is 15.4 Å². The molecule has 0 saturated carbocycles. The summed E-state index contributed by atoms with van der Waals surface area (Å²) in [6.45, 7) is 0. The van der Waals surface area contributed by atoms with E-state index in [1.807, 2.05) is 0 Å². The second kappa shape index (κ2) is 5.53. The Kier molecular flexibility index (Phi) is 3.81. The van der Waals surface area contributed by atoms with E-state index in [1.54, 1.807) is 18.3 Å². The molecule has 2 heterocycles. The monoisotopic (exact) mass is 322 g/mol. The van der Waals surface area contributed by atoms with Crippen LogP contribution < -0.4 is 5.32 Å². The smallest absolute Gasteiger partial charge is 0.358 e. The molecule has 8 heteroatoms. The van der Waals surface area contributed by atoms with Gasteiger partial charge in [-0.25, -0.2) is 0 Å². The van der Waals surface area contributed by atoms with E-state index < -0.39 is 10.8 Å². The summed E-state index contributed by atoms with van der Waals surface area (Å²) in [5.41, 5.74) is 0.629. The molecule has 1 N–H and O–H groups in total. The minimum absolute atomic E-state index is 0.130. The number of nitrogens with one attached hydrogen (secondary N) is 1. The number of halogens is 1. The van der Waals surface area contributed by atoms with Crippen molar-refractivity contribution in [3.05, 3.63) is 56.9 Å². The highest BCUT2D eigenvalue weighted by molar-refractivity contribution is 9.10. The summed E-state index contributed by atoms with van der Waals surface area (Å²) in [6.07, 6.45) is 4.26. The number of rotatable bonds is 3. The average molecular weight is 323 g/mol. The van der Waals surface area contributed by atoms with Crippen molar-refractivity contribution in [3.63, 3.8) is 0 Å². The Balaban J connectivity index is 2.28. The number of carbonyl (C=O) groups is 1. The third kappa shape index (κ3) is 3.10. The Hall–Kier alpha value is -2.35. The van der Waals surface area contributed by atoms with Crippen LogP contribution in [0.15, 0.2) is 41.3 Å². The summed E-state index contributed by atoms with van der Waals surface area (Å²) < 4.78 is 0.375. The van der Waals surface area contributed by atoms with E-state index in [0.29, 0.717) is 10.2 Å². The summed E-state index contributed by atoms with van der Waals surface area (Å²) in [4.78, 5) is 29.4. The molecule has 0 spiro atoms. The molecule has 0 aliphatic heterocycles. The predicted molar refractivity (Wildman–Crippen MR) is 70.8 cm³/mol. The van der Waals surface area contributed by atoms with Gasteiger partial charge in [0.05, 0.1) is 21.9 Å². The molecule has 0 aliphatic rings. The lowest BCUT2D eigenvalue weighted by atomic mass is 10.2. The maximum atomic E-state index is 12.0. The van der Waals surface area contributed by atoms with Gasteiger partial charge >= 0.3 is 5.82 Å². The zero-order valence-corrected chi connectivity index (χ0v) is 11.0. The molecule has 0 bridgehead atoms. The zero-order valence-electron chi connectivity index (χ0n) is 9.41. The van der Waals surface area contributed by atoms with Crippen LogP contribution in [0.5, 0.6) is 0 Å². The highest BCUT2D eigenvalue weighted by atomic mass is 79.9. The van der Waals surface area contributed by atoms with Gasteiger partial charge in [-0.05, 0) is 38.0 Å². The second-order valence-corrected chi connectivity index (χ2v) is 4.33. The molecule has 96 valence electrons. The van der Waals surface area contributed by atoms with Gasteiger partial charge in [0.1, 0.15) is 0 Å². The molecule has 0 aliphatic carbocycles. The number of hydrogen-bond donors (Lipinski definition) is 1. The average Bonchev–Trinajstić information content (AvgIpc) is 2.40. The van der Waals surface area contributed by atoms with E-state index in [1.165, 1.54) is 12.4 Å². The number of amides is 1.